The Hall–Kier alpha value is -3.31. The summed E-state index contributed by atoms with van der Waals surface area (Å²) in [4.78, 5) is 16.6. The predicted octanol–water partition coefficient (Wildman–Crippen LogP) is 5.02. The van der Waals surface area contributed by atoms with Crippen LogP contribution in [0.4, 0.5) is 18.3 Å². The second-order valence-electron chi connectivity index (χ2n) is 6.37. The van der Waals surface area contributed by atoms with Gasteiger partial charge in [-0.2, -0.15) is 22.5 Å². The maximum absolute atomic E-state index is 13.0. The van der Waals surface area contributed by atoms with Gasteiger partial charge in [-0.1, -0.05) is 28.9 Å². The average molecular weight is 465 g/mol. The van der Waals surface area contributed by atoms with E-state index in [0.717, 1.165) is 23.7 Å². The van der Waals surface area contributed by atoms with Gasteiger partial charge in [0, 0.05) is 22.1 Å². The van der Waals surface area contributed by atoms with Crippen LogP contribution in [-0.2, 0) is 6.18 Å². The number of halogens is 4. The SMILES string of the molecule is Cc1c(-c2nsc(NC(=O)c3cccc(Cl)c3)n2)nnn1-c1cccc(C(F)(F)F)c1. The van der Waals surface area contributed by atoms with Crippen molar-refractivity contribution in [1.29, 1.82) is 0 Å². The molecule has 2 aromatic heterocycles. The molecule has 0 aliphatic heterocycles. The lowest BCUT2D eigenvalue weighted by Gasteiger charge is -2.09. The molecule has 0 saturated heterocycles. The molecule has 0 aliphatic rings. The molecule has 1 N–H and O–H groups in total. The summed E-state index contributed by atoms with van der Waals surface area (Å²) < 4.78 is 44.4. The van der Waals surface area contributed by atoms with Crippen LogP contribution in [0.25, 0.3) is 17.2 Å². The highest BCUT2D eigenvalue weighted by atomic mass is 35.5. The van der Waals surface area contributed by atoms with Crippen LogP contribution < -0.4 is 5.32 Å². The van der Waals surface area contributed by atoms with Crippen molar-refractivity contribution < 1.29 is 18.0 Å². The van der Waals surface area contributed by atoms with Gasteiger partial charge in [-0.3, -0.25) is 10.1 Å². The third-order valence-corrected chi connectivity index (χ3v) is 5.12. The standard InChI is InChI=1S/C19H12ClF3N6OS/c1-10-15(26-28-29(10)14-7-3-5-12(9-14)19(21,22)23)16-24-18(31-27-16)25-17(30)11-4-2-6-13(20)8-11/h2-9H,1H3,(H,24,25,27,30). The first-order valence-electron chi connectivity index (χ1n) is 8.73. The van der Waals surface area contributed by atoms with Crippen molar-refractivity contribution in [3.63, 3.8) is 0 Å². The van der Waals surface area contributed by atoms with Gasteiger partial charge < -0.3 is 0 Å². The van der Waals surface area contributed by atoms with E-state index in [1.54, 1.807) is 25.1 Å². The topological polar surface area (TPSA) is 85.6 Å². The van der Waals surface area contributed by atoms with Crippen LogP contribution in [0.2, 0.25) is 5.02 Å². The van der Waals surface area contributed by atoms with Crippen molar-refractivity contribution in [2.75, 3.05) is 5.32 Å². The molecule has 7 nitrogen and oxygen atoms in total. The molecule has 158 valence electrons. The number of aromatic nitrogens is 5. The van der Waals surface area contributed by atoms with Crippen molar-refractivity contribution in [3.8, 4) is 17.2 Å². The maximum atomic E-state index is 13.0. The number of anilines is 1. The fourth-order valence-electron chi connectivity index (χ4n) is 2.76. The van der Waals surface area contributed by atoms with Crippen LogP contribution in [0.3, 0.4) is 0 Å². The highest BCUT2D eigenvalue weighted by molar-refractivity contribution is 7.10. The van der Waals surface area contributed by atoms with Crippen molar-refractivity contribution >= 4 is 34.2 Å². The van der Waals surface area contributed by atoms with E-state index in [9.17, 15) is 18.0 Å². The normalized spacial score (nSPS) is 11.5. The zero-order chi connectivity index (χ0) is 22.2. The molecule has 4 aromatic rings. The summed E-state index contributed by atoms with van der Waals surface area (Å²) in [5.74, 6) is -0.211. The molecule has 2 aromatic carbocycles. The Morgan fingerprint density at radius 2 is 1.94 bits per heavy atom. The summed E-state index contributed by atoms with van der Waals surface area (Å²) in [5, 5.41) is 11.2. The molecule has 1 amide bonds. The Morgan fingerprint density at radius 3 is 2.68 bits per heavy atom. The third-order valence-electron chi connectivity index (χ3n) is 4.26. The van der Waals surface area contributed by atoms with Gasteiger partial charge in [0.1, 0.15) is 0 Å². The van der Waals surface area contributed by atoms with Crippen LogP contribution in [0.15, 0.2) is 48.5 Å². The molecule has 12 heteroatoms. The van der Waals surface area contributed by atoms with Crippen LogP contribution in [0.5, 0.6) is 0 Å². The molecule has 31 heavy (non-hydrogen) atoms. The number of benzene rings is 2. The van der Waals surface area contributed by atoms with Gasteiger partial charge in [0.05, 0.1) is 16.9 Å². The van der Waals surface area contributed by atoms with Crippen molar-refractivity contribution in [2.24, 2.45) is 0 Å². The largest absolute Gasteiger partial charge is 0.416 e. The number of nitrogens with zero attached hydrogens (tertiary/aromatic N) is 5. The van der Waals surface area contributed by atoms with Gasteiger partial charge in [0.15, 0.2) is 11.5 Å². The van der Waals surface area contributed by atoms with Gasteiger partial charge >= 0.3 is 6.18 Å². The lowest BCUT2D eigenvalue weighted by molar-refractivity contribution is -0.137. The first kappa shape index (κ1) is 20.9. The number of carbonyl (C=O) groups is 1. The summed E-state index contributed by atoms with van der Waals surface area (Å²) in [6, 6.07) is 11.2. The van der Waals surface area contributed by atoms with Gasteiger partial charge in [-0.05, 0) is 43.3 Å². The minimum absolute atomic E-state index is 0.196. The van der Waals surface area contributed by atoms with Crippen molar-refractivity contribution in [3.05, 3.63) is 70.4 Å². The van der Waals surface area contributed by atoms with Crippen LogP contribution in [-0.4, -0.2) is 30.3 Å². The van der Waals surface area contributed by atoms with E-state index in [0.29, 0.717) is 16.3 Å². The Balaban J connectivity index is 1.58. The van der Waals surface area contributed by atoms with Crippen LogP contribution in [0.1, 0.15) is 21.6 Å². The highest BCUT2D eigenvalue weighted by Gasteiger charge is 2.31. The quantitative estimate of drug-likeness (QED) is 0.458. The molecule has 0 fully saturated rings. The first-order valence-corrected chi connectivity index (χ1v) is 9.88. The minimum atomic E-state index is -4.47. The van der Waals surface area contributed by atoms with E-state index in [4.69, 9.17) is 11.6 Å². The number of rotatable bonds is 4. The fraction of sp³-hybridized carbons (Fsp3) is 0.105. The van der Waals surface area contributed by atoms with Gasteiger partial charge in [0.2, 0.25) is 5.13 Å². The molecule has 0 atom stereocenters. The summed E-state index contributed by atoms with van der Waals surface area (Å²) in [5.41, 5.74) is 0.507. The number of hydrogen-bond acceptors (Lipinski definition) is 6. The molecule has 0 unspecified atom stereocenters. The zero-order valence-electron chi connectivity index (χ0n) is 15.7. The maximum Gasteiger partial charge on any atom is 0.416 e. The number of carbonyl (C=O) groups excluding carboxylic acids is 1. The predicted molar refractivity (Wildman–Crippen MR) is 109 cm³/mol. The summed E-state index contributed by atoms with van der Waals surface area (Å²) in [7, 11) is 0. The number of amides is 1. The molecule has 2 heterocycles. The van der Waals surface area contributed by atoms with Crippen molar-refractivity contribution in [1.82, 2.24) is 24.4 Å². The lowest BCUT2D eigenvalue weighted by Crippen LogP contribution is -2.11. The van der Waals surface area contributed by atoms with E-state index in [1.165, 1.54) is 22.9 Å². The molecule has 0 radical (unpaired) electrons. The highest BCUT2D eigenvalue weighted by Crippen LogP contribution is 2.31. The third kappa shape index (κ3) is 4.42. The summed E-state index contributed by atoms with van der Waals surface area (Å²) in [6.07, 6.45) is -4.47. The number of hydrogen-bond donors (Lipinski definition) is 1. The van der Waals surface area contributed by atoms with Crippen LogP contribution >= 0.6 is 23.1 Å². The summed E-state index contributed by atoms with van der Waals surface area (Å²) in [6.45, 7) is 1.64. The minimum Gasteiger partial charge on any atom is -0.297 e. The van der Waals surface area contributed by atoms with E-state index < -0.39 is 17.6 Å². The Bertz CT molecular complexity index is 1270. The van der Waals surface area contributed by atoms with E-state index in [1.807, 2.05) is 0 Å². The molecule has 0 aliphatic carbocycles. The number of alkyl halides is 3. The Kier molecular flexibility index (Phi) is 5.46. The van der Waals surface area contributed by atoms with Crippen LogP contribution in [0, 0.1) is 6.92 Å². The average Bonchev–Trinajstić information content (AvgIpc) is 3.33. The molecule has 0 spiro atoms. The lowest BCUT2D eigenvalue weighted by atomic mass is 10.2. The van der Waals surface area contributed by atoms with E-state index in [-0.39, 0.29) is 22.3 Å². The Labute approximate surface area is 182 Å². The second-order valence-corrected chi connectivity index (χ2v) is 7.56. The van der Waals surface area contributed by atoms with Gasteiger partial charge in [-0.25, -0.2) is 4.68 Å². The van der Waals surface area contributed by atoms with E-state index in [2.05, 4.69) is 25.0 Å². The number of nitrogens with one attached hydrogen (secondary N) is 1. The second kappa shape index (κ2) is 8.08. The molecule has 0 bridgehead atoms. The van der Waals surface area contributed by atoms with Crippen molar-refractivity contribution in [2.45, 2.75) is 13.1 Å². The molecular weight excluding hydrogens is 453 g/mol. The summed E-state index contributed by atoms with van der Waals surface area (Å²) >= 11 is 6.84. The zero-order valence-corrected chi connectivity index (χ0v) is 17.3. The fourth-order valence-corrected chi connectivity index (χ4v) is 3.52. The molecular formula is C19H12ClF3N6OS. The molecule has 0 saturated carbocycles. The first-order chi connectivity index (χ1) is 14.7. The monoisotopic (exact) mass is 464 g/mol. The van der Waals surface area contributed by atoms with E-state index >= 15 is 0 Å². The van der Waals surface area contributed by atoms with Gasteiger partial charge in [-0.15, -0.1) is 5.10 Å². The Morgan fingerprint density at radius 1 is 1.16 bits per heavy atom. The van der Waals surface area contributed by atoms with Gasteiger partial charge in [0.25, 0.3) is 5.91 Å². The smallest absolute Gasteiger partial charge is 0.297 e. The molecule has 4 rings (SSSR count).